The minimum atomic E-state index is -2.58. The van der Waals surface area contributed by atoms with Crippen molar-refractivity contribution in [3.8, 4) is 17.0 Å². The molecule has 0 aliphatic carbocycles. The van der Waals surface area contributed by atoms with Gasteiger partial charge in [0.2, 0.25) is 5.88 Å². The van der Waals surface area contributed by atoms with E-state index in [4.69, 9.17) is 14.2 Å². The number of nitrogens with zero attached hydrogens (tertiary/aromatic N) is 4. The molecular formula is C24H29IN4O7S. The van der Waals surface area contributed by atoms with Gasteiger partial charge in [-0.2, -0.15) is 0 Å². The Hall–Kier alpha value is -2.78. The Kier molecular flexibility index (Phi) is 8.49. The monoisotopic (exact) mass is 644 g/mol. The fraction of sp³-hybridized carbons (Fsp3) is 0.417. The van der Waals surface area contributed by atoms with Crippen molar-refractivity contribution in [2.45, 2.75) is 52.7 Å². The van der Waals surface area contributed by atoms with Gasteiger partial charge in [-0.1, -0.05) is 0 Å². The van der Waals surface area contributed by atoms with Gasteiger partial charge in [0.1, 0.15) is 23.4 Å². The van der Waals surface area contributed by atoms with Gasteiger partial charge in [0.25, 0.3) is 11.3 Å². The molecule has 0 amide bonds. The highest BCUT2D eigenvalue weighted by atomic mass is 127. The maximum absolute atomic E-state index is 12.6. The summed E-state index contributed by atoms with van der Waals surface area (Å²) in [5, 5.41) is 0.706. The molecule has 3 aromatic rings. The molecule has 0 saturated carbocycles. The summed E-state index contributed by atoms with van der Waals surface area (Å²) in [6, 6.07) is 3.40. The Morgan fingerprint density at radius 2 is 1.65 bits per heavy atom. The van der Waals surface area contributed by atoms with Crippen LogP contribution in [0.5, 0.6) is 5.88 Å². The number of carbonyl (C=O) groups excluding carboxylic acids is 2. The van der Waals surface area contributed by atoms with Gasteiger partial charge >= 0.3 is 12.1 Å². The first-order valence-electron chi connectivity index (χ1n) is 11.1. The predicted octanol–water partition coefficient (Wildman–Crippen LogP) is 4.78. The fourth-order valence-electron chi connectivity index (χ4n) is 3.33. The van der Waals surface area contributed by atoms with Crippen LogP contribution in [0.25, 0.3) is 22.2 Å². The Morgan fingerprint density at radius 1 is 1.05 bits per heavy atom. The zero-order valence-corrected chi connectivity index (χ0v) is 24.5. The molecule has 0 radical (unpaired) electrons. The fourth-order valence-corrected chi connectivity index (χ4v) is 4.52. The minimum absolute atomic E-state index is 0.0504. The van der Waals surface area contributed by atoms with Crippen LogP contribution in [0.3, 0.4) is 0 Å². The lowest BCUT2D eigenvalue weighted by Crippen LogP contribution is -2.36. The molecule has 1 atom stereocenters. The third-order valence-electron chi connectivity index (χ3n) is 4.69. The van der Waals surface area contributed by atoms with E-state index >= 15 is 0 Å². The highest BCUT2D eigenvalue weighted by molar-refractivity contribution is 14.1. The Morgan fingerprint density at radius 3 is 2.22 bits per heavy atom. The molecule has 0 aromatic carbocycles. The molecule has 0 saturated heterocycles. The molecule has 11 nitrogen and oxygen atoms in total. The first-order chi connectivity index (χ1) is 17.1. The number of ether oxygens (including phenoxy) is 3. The number of methoxy groups -OCH3 is 1. The van der Waals surface area contributed by atoms with E-state index in [1.54, 1.807) is 60.0 Å². The molecule has 0 aliphatic rings. The maximum atomic E-state index is 12.6. The van der Waals surface area contributed by atoms with Gasteiger partial charge in [0.05, 0.1) is 7.11 Å². The van der Waals surface area contributed by atoms with Crippen LogP contribution in [-0.4, -0.2) is 60.2 Å². The van der Waals surface area contributed by atoms with Crippen molar-refractivity contribution in [2.24, 2.45) is 0 Å². The third-order valence-corrected chi connectivity index (χ3v) is 6.26. The Bertz CT molecular complexity index is 1360. The van der Waals surface area contributed by atoms with Crippen molar-refractivity contribution in [1.29, 1.82) is 0 Å². The van der Waals surface area contributed by atoms with E-state index in [9.17, 15) is 18.4 Å². The molecule has 3 heterocycles. The zero-order valence-electron chi connectivity index (χ0n) is 21.6. The lowest BCUT2D eigenvalue weighted by molar-refractivity contribution is -0.152. The molecule has 200 valence electrons. The third kappa shape index (κ3) is 7.17. The number of carbonyl (C=O) groups is 2. The number of anilines is 1. The summed E-state index contributed by atoms with van der Waals surface area (Å²) in [5.74, 6) is -0.641. The molecule has 0 fully saturated rings. The first kappa shape index (κ1) is 28.8. The van der Waals surface area contributed by atoms with Gasteiger partial charge in [-0.05, 0) is 76.3 Å². The average molecular weight is 644 g/mol. The standard InChI is InChI=1S/C24H29IN4O7S/c1-23(2,3)35-19(30)13-29(37(32)33)18-9-15(11-27-21(18)34-7)14-8-16-17(25)12-28(20(16)26-10-14)22(31)36-24(4,5)6/h8-12H,13H2,1-7H3,(H,32,33). The van der Waals surface area contributed by atoms with Crippen LogP contribution in [0.4, 0.5) is 10.5 Å². The van der Waals surface area contributed by atoms with E-state index in [0.29, 0.717) is 22.2 Å². The molecular weight excluding hydrogens is 615 g/mol. The molecule has 3 aromatic heterocycles. The quantitative estimate of drug-likeness (QED) is 0.229. The number of hydrogen-bond acceptors (Lipinski definition) is 8. The number of esters is 1. The SMILES string of the molecule is COc1ncc(-c2cnc3c(c2)c(I)cn3C(=O)OC(C)(C)C)cc1N(CC(=O)OC(C)(C)C)S(=O)O. The number of rotatable bonds is 6. The lowest BCUT2D eigenvalue weighted by atomic mass is 10.1. The van der Waals surface area contributed by atoms with Crippen LogP contribution in [0, 0.1) is 3.57 Å². The van der Waals surface area contributed by atoms with Crippen LogP contribution in [0.15, 0.2) is 30.7 Å². The molecule has 0 bridgehead atoms. The first-order valence-corrected chi connectivity index (χ1v) is 13.3. The molecule has 0 spiro atoms. The Balaban J connectivity index is 2.03. The van der Waals surface area contributed by atoms with Crippen LogP contribution in [0.2, 0.25) is 0 Å². The number of pyridine rings is 2. The smallest absolute Gasteiger partial charge is 0.420 e. The lowest BCUT2D eigenvalue weighted by Gasteiger charge is -2.24. The summed E-state index contributed by atoms with van der Waals surface area (Å²) in [4.78, 5) is 33.8. The van der Waals surface area contributed by atoms with Crippen LogP contribution < -0.4 is 9.04 Å². The van der Waals surface area contributed by atoms with Crippen molar-refractivity contribution < 1.29 is 32.6 Å². The van der Waals surface area contributed by atoms with Crippen molar-refractivity contribution in [2.75, 3.05) is 18.0 Å². The number of fused-ring (bicyclic) bond motifs is 1. The normalized spacial score (nSPS) is 12.8. The predicted molar refractivity (Wildman–Crippen MR) is 148 cm³/mol. The largest absolute Gasteiger partial charge is 0.479 e. The summed E-state index contributed by atoms with van der Waals surface area (Å²) in [6.45, 7) is 9.96. The van der Waals surface area contributed by atoms with E-state index in [-0.39, 0.29) is 11.6 Å². The average Bonchev–Trinajstić information content (AvgIpc) is 3.10. The van der Waals surface area contributed by atoms with E-state index in [1.807, 2.05) is 6.07 Å². The second-order valence-electron chi connectivity index (χ2n) is 10.0. The molecule has 0 aliphatic heterocycles. The number of hydrogen-bond donors (Lipinski definition) is 1. The second-order valence-corrected chi connectivity index (χ2v) is 12.1. The van der Waals surface area contributed by atoms with Crippen LogP contribution in [0.1, 0.15) is 41.5 Å². The summed E-state index contributed by atoms with van der Waals surface area (Å²) in [7, 11) is 1.37. The van der Waals surface area contributed by atoms with Crippen molar-refractivity contribution in [3.05, 3.63) is 34.3 Å². The Labute approximate surface area is 231 Å². The van der Waals surface area contributed by atoms with Gasteiger partial charge < -0.3 is 14.2 Å². The molecule has 1 N–H and O–H groups in total. The number of halogens is 1. The van der Waals surface area contributed by atoms with E-state index < -0.39 is 41.1 Å². The van der Waals surface area contributed by atoms with Gasteiger partial charge in [0, 0.05) is 38.7 Å². The van der Waals surface area contributed by atoms with Crippen LogP contribution in [-0.2, 0) is 25.5 Å². The summed E-state index contributed by atoms with van der Waals surface area (Å²) in [6.07, 6.45) is 4.18. The molecule has 13 heteroatoms. The second kappa shape index (κ2) is 10.9. The molecule has 37 heavy (non-hydrogen) atoms. The highest BCUT2D eigenvalue weighted by Crippen LogP contribution is 2.34. The van der Waals surface area contributed by atoms with Gasteiger partial charge in [-0.3, -0.25) is 13.7 Å². The van der Waals surface area contributed by atoms with E-state index in [0.717, 1.165) is 7.88 Å². The minimum Gasteiger partial charge on any atom is -0.479 e. The topological polar surface area (TPSA) is 133 Å². The maximum Gasteiger partial charge on any atom is 0.420 e. The van der Waals surface area contributed by atoms with Gasteiger partial charge in [0.15, 0.2) is 5.65 Å². The zero-order chi connectivity index (χ0) is 27.7. The molecule has 1 unspecified atom stereocenters. The van der Waals surface area contributed by atoms with E-state index in [1.165, 1.54) is 17.9 Å². The van der Waals surface area contributed by atoms with Crippen molar-refractivity contribution in [1.82, 2.24) is 14.5 Å². The van der Waals surface area contributed by atoms with Crippen LogP contribution >= 0.6 is 22.6 Å². The highest BCUT2D eigenvalue weighted by Gasteiger charge is 2.26. The van der Waals surface area contributed by atoms with Crippen molar-refractivity contribution >= 4 is 62.6 Å². The number of aromatic nitrogens is 3. The van der Waals surface area contributed by atoms with Crippen molar-refractivity contribution in [3.63, 3.8) is 0 Å². The summed E-state index contributed by atoms with van der Waals surface area (Å²) >= 11 is -0.466. The van der Waals surface area contributed by atoms with Gasteiger partial charge in [-0.25, -0.2) is 23.5 Å². The summed E-state index contributed by atoms with van der Waals surface area (Å²) < 4.78 is 41.3. The summed E-state index contributed by atoms with van der Waals surface area (Å²) in [5.41, 5.74) is 0.287. The molecule has 3 rings (SSSR count). The van der Waals surface area contributed by atoms with Gasteiger partial charge in [-0.15, -0.1) is 0 Å². The van der Waals surface area contributed by atoms with E-state index in [2.05, 4.69) is 32.6 Å².